The molecule has 1 aromatic rings. The van der Waals surface area contributed by atoms with Crippen LogP contribution in [0.25, 0.3) is 0 Å². The van der Waals surface area contributed by atoms with Crippen LogP contribution in [0.5, 0.6) is 0 Å². The van der Waals surface area contributed by atoms with E-state index in [9.17, 15) is 0 Å². The van der Waals surface area contributed by atoms with Crippen LogP contribution >= 0.6 is 11.8 Å². The highest BCUT2D eigenvalue weighted by Gasteiger charge is 2.17. The Morgan fingerprint density at radius 2 is 1.67 bits per heavy atom. The van der Waals surface area contributed by atoms with Crippen molar-refractivity contribution in [3.8, 4) is 0 Å². The largest absolute Gasteiger partial charge is 0.303 e. The molecule has 2 rings (SSSR count). The molecule has 0 aliphatic heterocycles. The maximum atomic E-state index is 2.58. The molecule has 0 spiro atoms. The molecule has 0 aromatic heterocycles. The number of hydrogen-bond donors (Lipinski definition) is 0. The first-order valence-corrected chi connectivity index (χ1v) is 9.39. The maximum Gasteiger partial charge on any atom is 0.0108 e. The predicted molar refractivity (Wildman–Crippen MR) is 95.4 cm³/mol. The Morgan fingerprint density at radius 3 is 2.24 bits per heavy atom. The molecule has 1 nitrogen and oxygen atoms in total. The first-order chi connectivity index (χ1) is 9.97. The van der Waals surface area contributed by atoms with Crippen LogP contribution in [0.2, 0.25) is 0 Å². The molecule has 1 aliphatic carbocycles. The zero-order valence-corrected chi connectivity index (χ0v) is 15.0. The summed E-state index contributed by atoms with van der Waals surface area (Å²) < 4.78 is 0. The van der Waals surface area contributed by atoms with Crippen molar-refractivity contribution in [1.29, 1.82) is 0 Å². The van der Waals surface area contributed by atoms with Gasteiger partial charge in [-0.2, -0.15) is 0 Å². The van der Waals surface area contributed by atoms with Gasteiger partial charge < -0.3 is 4.90 Å². The fraction of sp³-hybridized carbons (Fsp3) is 0.684. The van der Waals surface area contributed by atoms with Crippen molar-refractivity contribution in [3.05, 3.63) is 29.8 Å². The smallest absolute Gasteiger partial charge is 0.0108 e. The number of rotatable bonds is 5. The molecule has 0 saturated heterocycles. The summed E-state index contributed by atoms with van der Waals surface area (Å²) in [6.07, 6.45) is 7.11. The molecule has 0 heterocycles. The molecule has 0 unspecified atom stereocenters. The lowest BCUT2D eigenvalue weighted by molar-refractivity contribution is 0.202. The van der Waals surface area contributed by atoms with E-state index in [2.05, 4.69) is 57.0 Å². The quantitative estimate of drug-likeness (QED) is 0.675. The monoisotopic (exact) mass is 305 g/mol. The highest BCUT2D eigenvalue weighted by Crippen LogP contribution is 2.26. The van der Waals surface area contributed by atoms with Gasteiger partial charge in [0.05, 0.1) is 0 Å². The van der Waals surface area contributed by atoms with Crippen molar-refractivity contribution in [1.82, 2.24) is 4.90 Å². The molecule has 0 bridgehead atoms. The standard InChI is InChI=1S/C19H31NS/c1-19(2,3)16-10-12-18(13-11-16)21-15-14-20(4)17-8-6-5-7-9-17/h10-13,17H,5-9,14-15H2,1-4H3. The Bertz CT molecular complexity index is 412. The zero-order chi connectivity index (χ0) is 15.3. The van der Waals surface area contributed by atoms with Gasteiger partial charge in [-0.1, -0.05) is 52.2 Å². The van der Waals surface area contributed by atoms with E-state index in [0.29, 0.717) is 0 Å². The van der Waals surface area contributed by atoms with Crippen LogP contribution in [0.1, 0.15) is 58.4 Å². The van der Waals surface area contributed by atoms with E-state index < -0.39 is 0 Å². The van der Waals surface area contributed by atoms with E-state index in [0.717, 1.165) is 6.04 Å². The molecular formula is C19H31NS. The summed E-state index contributed by atoms with van der Waals surface area (Å²) >= 11 is 1.99. The second-order valence-corrected chi connectivity index (χ2v) is 8.56. The summed E-state index contributed by atoms with van der Waals surface area (Å²) in [7, 11) is 2.30. The van der Waals surface area contributed by atoms with Gasteiger partial charge in [0.2, 0.25) is 0 Å². The Balaban J connectivity index is 1.75. The fourth-order valence-corrected chi connectivity index (χ4v) is 4.01. The van der Waals surface area contributed by atoms with Crippen LogP contribution in [0.4, 0.5) is 0 Å². The third-order valence-electron chi connectivity index (χ3n) is 4.63. The van der Waals surface area contributed by atoms with E-state index in [1.165, 1.54) is 54.9 Å². The molecule has 2 heteroatoms. The third kappa shape index (κ3) is 5.34. The van der Waals surface area contributed by atoms with Gasteiger partial charge in [0.15, 0.2) is 0 Å². The van der Waals surface area contributed by atoms with Gasteiger partial charge in [0.25, 0.3) is 0 Å². The van der Waals surface area contributed by atoms with Crippen molar-refractivity contribution in [2.45, 2.75) is 69.2 Å². The third-order valence-corrected chi connectivity index (χ3v) is 5.62. The van der Waals surface area contributed by atoms with Crippen LogP contribution in [-0.2, 0) is 5.41 Å². The van der Waals surface area contributed by atoms with Crippen molar-refractivity contribution < 1.29 is 0 Å². The minimum absolute atomic E-state index is 0.254. The molecule has 0 amide bonds. The van der Waals surface area contributed by atoms with Gasteiger partial charge >= 0.3 is 0 Å². The van der Waals surface area contributed by atoms with E-state index in [-0.39, 0.29) is 5.41 Å². The Morgan fingerprint density at radius 1 is 1.05 bits per heavy atom. The van der Waals surface area contributed by atoms with Crippen LogP contribution in [-0.4, -0.2) is 30.3 Å². The molecule has 1 saturated carbocycles. The number of nitrogens with zero attached hydrogens (tertiary/aromatic N) is 1. The van der Waals surface area contributed by atoms with Gasteiger partial charge in [-0.25, -0.2) is 0 Å². The zero-order valence-electron chi connectivity index (χ0n) is 14.2. The average molecular weight is 306 g/mol. The van der Waals surface area contributed by atoms with Crippen molar-refractivity contribution in [2.24, 2.45) is 0 Å². The molecule has 1 aromatic carbocycles. The highest BCUT2D eigenvalue weighted by molar-refractivity contribution is 7.99. The second kappa shape index (κ2) is 7.69. The molecule has 0 radical (unpaired) electrons. The topological polar surface area (TPSA) is 3.24 Å². The summed E-state index contributed by atoms with van der Waals surface area (Å²) in [6.45, 7) is 8.02. The van der Waals surface area contributed by atoms with Gasteiger partial charge in [0, 0.05) is 23.2 Å². The van der Waals surface area contributed by atoms with E-state index in [1.807, 2.05) is 11.8 Å². The minimum Gasteiger partial charge on any atom is -0.303 e. The first-order valence-electron chi connectivity index (χ1n) is 8.40. The summed E-state index contributed by atoms with van der Waals surface area (Å²) in [6, 6.07) is 9.97. The summed E-state index contributed by atoms with van der Waals surface area (Å²) in [5.41, 5.74) is 1.68. The number of benzene rings is 1. The Labute approximate surface area is 135 Å². The Hall–Kier alpha value is -0.470. The Kier molecular flexibility index (Phi) is 6.19. The van der Waals surface area contributed by atoms with Gasteiger partial charge in [-0.3, -0.25) is 0 Å². The summed E-state index contributed by atoms with van der Waals surface area (Å²) in [4.78, 5) is 3.98. The predicted octanol–water partition coefficient (Wildman–Crippen LogP) is 5.34. The second-order valence-electron chi connectivity index (χ2n) is 7.40. The normalized spacial score (nSPS) is 17.4. The minimum atomic E-state index is 0.254. The van der Waals surface area contributed by atoms with Crippen molar-refractivity contribution in [2.75, 3.05) is 19.3 Å². The summed E-state index contributed by atoms with van der Waals surface area (Å²) in [5, 5.41) is 0. The number of hydrogen-bond acceptors (Lipinski definition) is 2. The molecule has 21 heavy (non-hydrogen) atoms. The maximum absolute atomic E-state index is 2.58. The van der Waals surface area contributed by atoms with E-state index >= 15 is 0 Å². The SMILES string of the molecule is CN(CCSc1ccc(C(C)(C)C)cc1)C1CCCCC1. The molecule has 118 valence electrons. The van der Waals surface area contributed by atoms with Crippen molar-refractivity contribution >= 4 is 11.8 Å². The highest BCUT2D eigenvalue weighted by atomic mass is 32.2. The number of thioether (sulfide) groups is 1. The summed E-state index contributed by atoms with van der Waals surface area (Å²) in [5.74, 6) is 1.20. The molecular weight excluding hydrogens is 274 g/mol. The molecule has 1 fully saturated rings. The average Bonchev–Trinajstić information content (AvgIpc) is 2.47. The molecule has 1 aliphatic rings. The lowest BCUT2D eigenvalue weighted by Gasteiger charge is -2.31. The van der Waals surface area contributed by atoms with Gasteiger partial charge in [-0.15, -0.1) is 11.8 Å². The first kappa shape index (κ1) is 16.9. The van der Waals surface area contributed by atoms with Gasteiger partial charge in [0.1, 0.15) is 0 Å². The van der Waals surface area contributed by atoms with Crippen LogP contribution in [0, 0.1) is 0 Å². The fourth-order valence-electron chi connectivity index (χ4n) is 3.06. The van der Waals surface area contributed by atoms with Crippen LogP contribution in [0.3, 0.4) is 0 Å². The van der Waals surface area contributed by atoms with Crippen LogP contribution < -0.4 is 0 Å². The lowest BCUT2D eigenvalue weighted by atomic mass is 9.87. The van der Waals surface area contributed by atoms with E-state index in [1.54, 1.807) is 0 Å². The van der Waals surface area contributed by atoms with Crippen molar-refractivity contribution in [3.63, 3.8) is 0 Å². The van der Waals surface area contributed by atoms with Crippen LogP contribution in [0.15, 0.2) is 29.2 Å². The lowest BCUT2D eigenvalue weighted by Crippen LogP contribution is -2.34. The molecule has 0 atom stereocenters. The van der Waals surface area contributed by atoms with Gasteiger partial charge in [-0.05, 0) is 43.0 Å². The van der Waals surface area contributed by atoms with E-state index in [4.69, 9.17) is 0 Å². The molecule has 0 N–H and O–H groups in total.